The van der Waals surface area contributed by atoms with Crippen LogP contribution in [0, 0.1) is 6.92 Å². The summed E-state index contributed by atoms with van der Waals surface area (Å²) < 4.78 is 11.4. The van der Waals surface area contributed by atoms with E-state index in [0.29, 0.717) is 12.4 Å². The molecule has 0 N–H and O–H groups in total. The summed E-state index contributed by atoms with van der Waals surface area (Å²) in [4.78, 5) is 21.9. The van der Waals surface area contributed by atoms with E-state index in [4.69, 9.17) is 14.1 Å². The lowest BCUT2D eigenvalue weighted by Gasteiger charge is -2.43. The number of carbonyl (C=O) groups excluding carboxylic acids is 1. The first-order valence-corrected chi connectivity index (χ1v) is 9.65. The van der Waals surface area contributed by atoms with Crippen LogP contribution in [0.3, 0.4) is 0 Å². The van der Waals surface area contributed by atoms with Crippen LogP contribution in [0.2, 0.25) is 0 Å². The van der Waals surface area contributed by atoms with E-state index < -0.39 is 0 Å². The zero-order valence-electron chi connectivity index (χ0n) is 16.3. The van der Waals surface area contributed by atoms with Gasteiger partial charge < -0.3 is 14.1 Å². The fourth-order valence-corrected chi connectivity index (χ4v) is 4.55. The molecule has 2 saturated heterocycles. The molecule has 0 saturated carbocycles. The van der Waals surface area contributed by atoms with Crippen LogP contribution in [0.5, 0.6) is 5.75 Å². The minimum Gasteiger partial charge on any atom is -0.496 e. The summed E-state index contributed by atoms with van der Waals surface area (Å²) in [6, 6.07) is 7.73. The van der Waals surface area contributed by atoms with Gasteiger partial charge in [-0.2, -0.15) is 0 Å². The maximum absolute atomic E-state index is 13.0. The summed E-state index contributed by atoms with van der Waals surface area (Å²) in [5, 5.41) is 0. The van der Waals surface area contributed by atoms with Crippen molar-refractivity contribution in [3.8, 4) is 17.2 Å². The Morgan fingerprint density at radius 3 is 2.74 bits per heavy atom. The summed E-state index contributed by atoms with van der Waals surface area (Å²) >= 11 is 0. The lowest BCUT2D eigenvalue weighted by Crippen LogP contribution is -2.58. The highest BCUT2D eigenvalue weighted by Gasteiger charge is 2.50. The molecule has 0 bridgehead atoms. The van der Waals surface area contributed by atoms with Gasteiger partial charge in [0.1, 0.15) is 17.0 Å². The molecule has 1 atom stereocenters. The van der Waals surface area contributed by atoms with Crippen molar-refractivity contribution in [3.63, 3.8) is 0 Å². The van der Waals surface area contributed by atoms with E-state index in [2.05, 4.69) is 4.90 Å². The number of likely N-dealkylation sites (N-methyl/N-ethyl adjacent to an activating group) is 1. The van der Waals surface area contributed by atoms with E-state index in [1.807, 2.05) is 43.1 Å². The van der Waals surface area contributed by atoms with E-state index in [1.165, 1.54) is 0 Å². The van der Waals surface area contributed by atoms with Crippen molar-refractivity contribution >= 4 is 5.91 Å². The Hall–Kier alpha value is -2.34. The normalized spacial score (nSPS) is 23.4. The van der Waals surface area contributed by atoms with Crippen LogP contribution in [-0.4, -0.2) is 53.5 Å². The summed E-state index contributed by atoms with van der Waals surface area (Å²) in [6.07, 6.45) is 3.98. The topological polar surface area (TPSA) is 58.8 Å². The Bertz CT molecular complexity index is 847. The molecule has 144 valence electrons. The summed E-state index contributed by atoms with van der Waals surface area (Å²) in [6.45, 7) is 4.37. The molecule has 2 aliphatic heterocycles. The van der Waals surface area contributed by atoms with Gasteiger partial charge in [-0.25, -0.2) is 4.98 Å². The molecule has 27 heavy (non-hydrogen) atoms. The van der Waals surface area contributed by atoms with Crippen molar-refractivity contribution in [2.45, 2.75) is 44.7 Å². The number of hydrogen-bond acceptors (Lipinski definition) is 5. The standard InChI is InChI=1S/C21H27N3O3/c1-15-17(22-19(27-15)16-8-4-5-9-18(16)26-3)14-24-13-7-11-21(24)10-6-12-23(2)20(21)25/h4-5,8-9H,6-7,10-14H2,1-3H3. The van der Waals surface area contributed by atoms with E-state index in [1.54, 1.807) is 7.11 Å². The SMILES string of the molecule is COc1ccccc1-c1nc(CN2CCCC23CCCN(C)C3=O)c(C)o1. The van der Waals surface area contributed by atoms with Crippen molar-refractivity contribution in [1.29, 1.82) is 0 Å². The molecule has 6 nitrogen and oxygen atoms in total. The zero-order chi connectivity index (χ0) is 19.0. The van der Waals surface area contributed by atoms with Gasteiger partial charge in [0.05, 0.1) is 18.4 Å². The van der Waals surface area contributed by atoms with E-state index in [9.17, 15) is 4.79 Å². The molecule has 6 heteroatoms. The number of oxazole rings is 1. The Balaban J connectivity index is 1.62. The van der Waals surface area contributed by atoms with Gasteiger partial charge in [-0.05, 0) is 51.3 Å². The Labute approximate surface area is 160 Å². The monoisotopic (exact) mass is 369 g/mol. The quantitative estimate of drug-likeness (QED) is 0.828. The Morgan fingerprint density at radius 2 is 1.96 bits per heavy atom. The summed E-state index contributed by atoms with van der Waals surface area (Å²) in [5.74, 6) is 2.37. The molecular weight excluding hydrogens is 342 g/mol. The number of likely N-dealkylation sites (tertiary alicyclic amines) is 2. The number of piperidine rings is 1. The second-order valence-corrected chi connectivity index (χ2v) is 7.61. The molecule has 3 heterocycles. The summed E-state index contributed by atoms with van der Waals surface area (Å²) in [7, 11) is 3.57. The third kappa shape index (κ3) is 3.02. The first-order chi connectivity index (χ1) is 13.0. The van der Waals surface area contributed by atoms with Crippen molar-refractivity contribution in [2.75, 3.05) is 27.2 Å². The van der Waals surface area contributed by atoms with Gasteiger partial charge in [-0.15, -0.1) is 0 Å². The number of carbonyl (C=O) groups is 1. The number of nitrogens with zero attached hydrogens (tertiary/aromatic N) is 3. The van der Waals surface area contributed by atoms with Crippen LogP contribution in [-0.2, 0) is 11.3 Å². The highest BCUT2D eigenvalue weighted by Crippen LogP contribution is 2.39. The average molecular weight is 369 g/mol. The largest absolute Gasteiger partial charge is 0.496 e. The highest BCUT2D eigenvalue weighted by molar-refractivity contribution is 5.87. The van der Waals surface area contributed by atoms with Gasteiger partial charge in [-0.1, -0.05) is 12.1 Å². The van der Waals surface area contributed by atoms with Crippen LogP contribution in [0.4, 0.5) is 0 Å². The molecule has 2 aliphatic rings. The van der Waals surface area contributed by atoms with Crippen LogP contribution in [0.1, 0.15) is 37.1 Å². The fourth-order valence-electron chi connectivity index (χ4n) is 4.55. The molecule has 4 rings (SSSR count). The van der Waals surface area contributed by atoms with Gasteiger partial charge in [0.15, 0.2) is 0 Å². The predicted molar refractivity (Wildman–Crippen MR) is 102 cm³/mol. The molecule has 1 amide bonds. The van der Waals surface area contributed by atoms with Crippen LogP contribution in [0.15, 0.2) is 28.7 Å². The van der Waals surface area contributed by atoms with Crippen LogP contribution >= 0.6 is 0 Å². The number of aryl methyl sites for hydroxylation is 1. The maximum Gasteiger partial charge on any atom is 0.242 e. The van der Waals surface area contributed by atoms with Crippen LogP contribution < -0.4 is 4.74 Å². The molecule has 1 aromatic heterocycles. The number of aromatic nitrogens is 1. The van der Waals surface area contributed by atoms with Crippen molar-refractivity contribution < 1.29 is 13.9 Å². The predicted octanol–water partition coefficient (Wildman–Crippen LogP) is 3.25. The third-order valence-corrected chi connectivity index (χ3v) is 6.02. The van der Waals surface area contributed by atoms with E-state index in [0.717, 1.165) is 61.5 Å². The molecule has 2 fully saturated rings. The maximum atomic E-state index is 13.0. The van der Waals surface area contributed by atoms with E-state index in [-0.39, 0.29) is 11.4 Å². The van der Waals surface area contributed by atoms with Crippen molar-refractivity contribution in [3.05, 3.63) is 35.7 Å². The molecule has 0 radical (unpaired) electrons. The van der Waals surface area contributed by atoms with Crippen molar-refractivity contribution in [2.24, 2.45) is 0 Å². The Kier molecular flexibility index (Phi) is 4.68. The number of ether oxygens (including phenoxy) is 1. The minimum atomic E-state index is -0.358. The number of methoxy groups -OCH3 is 1. The van der Waals surface area contributed by atoms with Gasteiger partial charge in [0, 0.05) is 20.1 Å². The molecular formula is C21H27N3O3. The average Bonchev–Trinajstić information content (AvgIpc) is 3.24. The number of rotatable bonds is 4. The lowest BCUT2D eigenvalue weighted by molar-refractivity contribution is -0.146. The molecule has 1 unspecified atom stereocenters. The van der Waals surface area contributed by atoms with Gasteiger partial charge in [-0.3, -0.25) is 9.69 Å². The van der Waals surface area contributed by atoms with Gasteiger partial charge in [0.2, 0.25) is 11.8 Å². The number of amides is 1. The van der Waals surface area contributed by atoms with E-state index >= 15 is 0 Å². The minimum absolute atomic E-state index is 0.261. The second kappa shape index (κ2) is 7.00. The van der Waals surface area contributed by atoms with Crippen LogP contribution in [0.25, 0.3) is 11.5 Å². The van der Waals surface area contributed by atoms with Gasteiger partial charge >= 0.3 is 0 Å². The highest BCUT2D eigenvalue weighted by atomic mass is 16.5. The Morgan fingerprint density at radius 1 is 1.22 bits per heavy atom. The number of benzene rings is 1. The zero-order valence-corrected chi connectivity index (χ0v) is 16.3. The smallest absolute Gasteiger partial charge is 0.242 e. The third-order valence-electron chi connectivity index (χ3n) is 6.02. The first-order valence-electron chi connectivity index (χ1n) is 9.65. The first kappa shape index (κ1) is 18.0. The second-order valence-electron chi connectivity index (χ2n) is 7.61. The fraction of sp³-hybridized carbons (Fsp3) is 0.524. The molecule has 1 spiro atoms. The number of hydrogen-bond donors (Lipinski definition) is 0. The van der Waals surface area contributed by atoms with Crippen molar-refractivity contribution in [1.82, 2.24) is 14.8 Å². The lowest BCUT2D eigenvalue weighted by atomic mass is 9.85. The van der Waals surface area contributed by atoms with Gasteiger partial charge in [0.25, 0.3) is 0 Å². The molecule has 1 aromatic carbocycles. The number of para-hydroxylation sites is 1. The molecule has 2 aromatic rings. The summed E-state index contributed by atoms with van der Waals surface area (Å²) in [5.41, 5.74) is 1.39. The molecule has 0 aliphatic carbocycles.